The molecular weight excluding hydrogens is 315 g/mol. The standard InChI is InChI=1S/C16H19FN4OS/c1-10-14-8-12(17)3-2-11(14)5-7-21(10)16(22)19-6-4-13-9-23-15(18)20-13/h2-3,8-10H,4-7H2,1H3,(H2,18,20)(H,19,22)/t10-/m0/s1. The van der Waals surface area contributed by atoms with Crippen molar-refractivity contribution in [3.05, 3.63) is 46.2 Å². The van der Waals surface area contributed by atoms with Crippen LogP contribution in [0.25, 0.3) is 0 Å². The highest BCUT2D eigenvalue weighted by molar-refractivity contribution is 7.13. The predicted molar refractivity (Wildman–Crippen MR) is 88.9 cm³/mol. The molecule has 1 atom stereocenters. The third-order valence-corrected chi connectivity index (χ3v) is 4.86. The molecule has 0 spiro atoms. The van der Waals surface area contributed by atoms with Crippen molar-refractivity contribution in [2.24, 2.45) is 0 Å². The van der Waals surface area contributed by atoms with E-state index in [0.717, 1.165) is 23.2 Å². The zero-order chi connectivity index (χ0) is 16.4. The molecule has 5 nitrogen and oxygen atoms in total. The molecule has 2 amide bonds. The summed E-state index contributed by atoms with van der Waals surface area (Å²) in [5.74, 6) is -0.265. The first-order valence-corrected chi connectivity index (χ1v) is 8.45. The van der Waals surface area contributed by atoms with Gasteiger partial charge in [0.15, 0.2) is 5.13 Å². The summed E-state index contributed by atoms with van der Waals surface area (Å²) in [7, 11) is 0. The van der Waals surface area contributed by atoms with Gasteiger partial charge in [0.05, 0.1) is 11.7 Å². The van der Waals surface area contributed by atoms with E-state index in [0.29, 0.717) is 24.6 Å². The van der Waals surface area contributed by atoms with Crippen LogP contribution in [0.1, 0.15) is 29.8 Å². The normalized spacial score (nSPS) is 17.0. The fourth-order valence-electron chi connectivity index (χ4n) is 2.90. The van der Waals surface area contributed by atoms with Crippen LogP contribution in [0, 0.1) is 5.82 Å². The molecular formula is C16H19FN4OS. The second kappa shape index (κ2) is 6.54. The monoisotopic (exact) mass is 334 g/mol. The first-order valence-electron chi connectivity index (χ1n) is 7.57. The minimum atomic E-state index is -0.265. The van der Waals surface area contributed by atoms with Crippen LogP contribution in [-0.4, -0.2) is 29.0 Å². The van der Waals surface area contributed by atoms with Crippen molar-refractivity contribution in [1.82, 2.24) is 15.2 Å². The number of fused-ring (bicyclic) bond motifs is 1. The molecule has 3 rings (SSSR count). The van der Waals surface area contributed by atoms with Crippen LogP contribution in [0.15, 0.2) is 23.6 Å². The lowest BCUT2D eigenvalue weighted by Gasteiger charge is -2.35. The van der Waals surface area contributed by atoms with E-state index >= 15 is 0 Å². The smallest absolute Gasteiger partial charge is 0.317 e. The SMILES string of the molecule is C[C@H]1c2cc(F)ccc2CCN1C(=O)NCCc1csc(N)n1. The number of urea groups is 1. The van der Waals surface area contributed by atoms with Gasteiger partial charge in [0.25, 0.3) is 0 Å². The summed E-state index contributed by atoms with van der Waals surface area (Å²) in [4.78, 5) is 18.3. The van der Waals surface area contributed by atoms with Gasteiger partial charge in [-0.1, -0.05) is 6.07 Å². The Hall–Kier alpha value is -2.15. The van der Waals surface area contributed by atoms with Gasteiger partial charge in [0.1, 0.15) is 5.82 Å². The number of carbonyl (C=O) groups excluding carboxylic acids is 1. The molecule has 3 N–H and O–H groups in total. The van der Waals surface area contributed by atoms with Crippen molar-refractivity contribution >= 4 is 22.5 Å². The van der Waals surface area contributed by atoms with Crippen molar-refractivity contribution in [3.63, 3.8) is 0 Å². The Balaban J connectivity index is 1.59. The summed E-state index contributed by atoms with van der Waals surface area (Å²) < 4.78 is 13.5. The molecule has 0 saturated carbocycles. The van der Waals surface area contributed by atoms with Crippen molar-refractivity contribution < 1.29 is 9.18 Å². The lowest BCUT2D eigenvalue weighted by molar-refractivity contribution is 0.175. The second-order valence-electron chi connectivity index (χ2n) is 5.62. The zero-order valence-electron chi connectivity index (χ0n) is 12.9. The third-order valence-electron chi connectivity index (χ3n) is 4.14. The summed E-state index contributed by atoms with van der Waals surface area (Å²) in [6.07, 6.45) is 1.39. The highest BCUT2D eigenvalue weighted by atomic mass is 32.1. The molecule has 1 aromatic carbocycles. The predicted octanol–water partition coefficient (Wildman–Crippen LogP) is 2.74. The van der Waals surface area contributed by atoms with E-state index in [-0.39, 0.29) is 17.9 Å². The number of thiazole rings is 1. The van der Waals surface area contributed by atoms with Gasteiger partial charge in [-0.15, -0.1) is 11.3 Å². The summed E-state index contributed by atoms with van der Waals surface area (Å²) in [5.41, 5.74) is 8.46. The third kappa shape index (κ3) is 3.44. The molecule has 0 saturated heterocycles. The fraction of sp³-hybridized carbons (Fsp3) is 0.375. The van der Waals surface area contributed by atoms with Crippen LogP contribution >= 0.6 is 11.3 Å². The number of benzene rings is 1. The molecule has 122 valence electrons. The number of nitrogens with one attached hydrogen (secondary N) is 1. The zero-order valence-corrected chi connectivity index (χ0v) is 13.7. The number of anilines is 1. The molecule has 1 aliphatic rings. The Bertz CT molecular complexity index is 718. The van der Waals surface area contributed by atoms with Gasteiger partial charge < -0.3 is 16.0 Å². The van der Waals surface area contributed by atoms with Gasteiger partial charge in [0.2, 0.25) is 0 Å². The number of rotatable bonds is 3. The minimum absolute atomic E-state index is 0.129. The van der Waals surface area contributed by atoms with Crippen molar-refractivity contribution in [2.45, 2.75) is 25.8 Å². The lowest BCUT2D eigenvalue weighted by atomic mass is 9.94. The van der Waals surface area contributed by atoms with Gasteiger partial charge in [-0.05, 0) is 36.6 Å². The molecule has 7 heteroatoms. The highest BCUT2D eigenvalue weighted by Crippen LogP contribution is 2.29. The maximum absolute atomic E-state index is 13.5. The van der Waals surface area contributed by atoms with Crippen molar-refractivity contribution in [3.8, 4) is 0 Å². The van der Waals surface area contributed by atoms with E-state index in [1.807, 2.05) is 18.4 Å². The number of halogens is 1. The number of carbonyl (C=O) groups is 1. The molecule has 0 radical (unpaired) electrons. The van der Waals surface area contributed by atoms with Crippen LogP contribution in [0.4, 0.5) is 14.3 Å². The van der Waals surface area contributed by atoms with Crippen molar-refractivity contribution in [1.29, 1.82) is 0 Å². The van der Waals surface area contributed by atoms with Gasteiger partial charge in [-0.3, -0.25) is 0 Å². The first kappa shape index (κ1) is 15.7. The molecule has 1 aromatic heterocycles. The topological polar surface area (TPSA) is 71.2 Å². The van der Waals surface area contributed by atoms with Crippen molar-refractivity contribution in [2.75, 3.05) is 18.8 Å². The lowest BCUT2D eigenvalue weighted by Crippen LogP contribution is -2.45. The molecule has 0 bridgehead atoms. The van der Waals surface area contributed by atoms with E-state index in [1.54, 1.807) is 4.90 Å². The quantitative estimate of drug-likeness (QED) is 0.906. The Kier molecular flexibility index (Phi) is 4.47. The van der Waals surface area contributed by atoms with Crippen LogP contribution in [0.3, 0.4) is 0 Å². The number of hydrogen-bond donors (Lipinski definition) is 2. The Labute approximate surface area is 138 Å². The fourth-order valence-corrected chi connectivity index (χ4v) is 3.50. The van der Waals surface area contributed by atoms with Gasteiger partial charge in [-0.2, -0.15) is 0 Å². The number of hydrogen-bond acceptors (Lipinski definition) is 4. The molecule has 0 unspecified atom stereocenters. The van der Waals surface area contributed by atoms with Gasteiger partial charge >= 0.3 is 6.03 Å². The maximum Gasteiger partial charge on any atom is 0.317 e. The van der Waals surface area contributed by atoms with E-state index in [4.69, 9.17) is 5.73 Å². The number of nitrogen functional groups attached to an aromatic ring is 1. The van der Waals surface area contributed by atoms with Crippen LogP contribution in [-0.2, 0) is 12.8 Å². The number of aromatic nitrogens is 1. The largest absolute Gasteiger partial charge is 0.375 e. The molecule has 2 heterocycles. The summed E-state index contributed by atoms with van der Waals surface area (Å²) >= 11 is 1.39. The summed E-state index contributed by atoms with van der Waals surface area (Å²) in [6, 6.07) is 4.54. The average molecular weight is 334 g/mol. The summed E-state index contributed by atoms with van der Waals surface area (Å²) in [6.45, 7) is 3.06. The van der Waals surface area contributed by atoms with E-state index in [2.05, 4.69) is 10.3 Å². The van der Waals surface area contributed by atoms with Gasteiger partial charge in [-0.25, -0.2) is 14.2 Å². The van der Waals surface area contributed by atoms with Gasteiger partial charge in [0, 0.05) is 24.9 Å². The highest BCUT2D eigenvalue weighted by Gasteiger charge is 2.27. The summed E-state index contributed by atoms with van der Waals surface area (Å²) in [5, 5.41) is 5.33. The molecule has 2 aromatic rings. The van der Waals surface area contributed by atoms with Crippen LogP contribution in [0.5, 0.6) is 0 Å². The Morgan fingerprint density at radius 2 is 2.39 bits per heavy atom. The van der Waals surface area contributed by atoms with E-state index in [1.165, 1.54) is 23.5 Å². The number of amides is 2. The van der Waals surface area contributed by atoms with Crippen LogP contribution in [0.2, 0.25) is 0 Å². The molecule has 0 aliphatic carbocycles. The number of nitrogens with two attached hydrogens (primary N) is 1. The average Bonchev–Trinajstić information content (AvgIpc) is 2.93. The molecule has 23 heavy (non-hydrogen) atoms. The Morgan fingerprint density at radius 3 is 3.13 bits per heavy atom. The maximum atomic E-state index is 13.5. The first-order chi connectivity index (χ1) is 11.0. The molecule has 1 aliphatic heterocycles. The molecule has 0 fully saturated rings. The van der Waals surface area contributed by atoms with E-state index < -0.39 is 0 Å². The van der Waals surface area contributed by atoms with E-state index in [9.17, 15) is 9.18 Å². The van der Waals surface area contributed by atoms with Crippen LogP contribution < -0.4 is 11.1 Å². The Morgan fingerprint density at radius 1 is 1.57 bits per heavy atom. The number of nitrogens with zero attached hydrogens (tertiary/aromatic N) is 2. The minimum Gasteiger partial charge on any atom is -0.375 e. The second-order valence-corrected chi connectivity index (χ2v) is 6.51.